The van der Waals surface area contributed by atoms with Gasteiger partial charge in [-0.1, -0.05) is 30.3 Å². The largest absolute Gasteiger partial charge is 0.467 e. The average Bonchev–Trinajstić information content (AvgIpc) is 3.36. The van der Waals surface area contributed by atoms with Crippen molar-refractivity contribution >= 4 is 11.8 Å². The van der Waals surface area contributed by atoms with Gasteiger partial charge in [0.1, 0.15) is 11.8 Å². The van der Waals surface area contributed by atoms with E-state index in [4.69, 9.17) is 4.42 Å². The maximum Gasteiger partial charge on any atom is 0.249 e. The minimum Gasteiger partial charge on any atom is -0.467 e. The van der Waals surface area contributed by atoms with Gasteiger partial charge >= 0.3 is 0 Å². The Hall–Kier alpha value is -3.28. The van der Waals surface area contributed by atoms with E-state index in [9.17, 15) is 9.59 Å². The summed E-state index contributed by atoms with van der Waals surface area (Å²) in [4.78, 5) is 28.6. The zero-order chi connectivity index (χ0) is 21.3. The molecule has 0 saturated carbocycles. The highest BCUT2D eigenvalue weighted by Crippen LogP contribution is 2.35. The molecule has 2 amide bonds. The number of aromatic nitrogens is 1. The molecule has 4 rings (SSSR count). The first kappa shape index (κ1) is 20.0. The van der Waals surface area contributed by atoms with E-state index in [1.54, 1.807) is 17.2 Å². The second-order valence-corrected chi connectivity index (χ2v) is 8.73. The molecule has 6 nitrogen and oxygen atoms in total. The molecule has 0 spiro atoms. The maximum absolute atomic E-state index is 13.7. The van der Waals surface area contributed by atoms with Gasteiger partial charge in [0.05, 0.1) is 18.5 Å². The zero-order valence-electron chi connectivity index (χ0n) is 17.5. The predicted molar refractivity (Wildman–Crippen MR) is 114 cm³/mol. The van der Waals surface area contributed by atoms with Gasteiger partial charge in [0.25, 0.3) is 0 Å². The second-order valence-electron chi connectivity index (χ2n) is 8.73. The fraction of sp³-hybridized carbons (Fsp3) is 0.333. The highest BCUT2D eigenvalue weighted by atomic mass is 16.3. The van der Waals surface area contributed by atoms with Crippen LogP contribution in [0, 0.1) is 0 Å². The molecule has 1 aromatic carbocycles. The number of carbonyl (C=O) groups excluding carboxylic acids is 2. The van der Waals surface area contributed by atoms with Crippen molar-refractivity contribution in [2.24, 2.45) is 0 Å². The zero-order valence-corrected chi connectivity index (χ0v) is 17.5. The lowest BCUT2D eigenvalue weighted by Gasteiger charge is -2.40. The lowest BCUT2D eigenvalue weighted by Crippen LogP contribution is -2.53. The van der Waals surface area contributed by atoms with Crippen molar-refractivity contribution in [2.45, 2.75) is 51.4 Å². The summed E-state index contributed by atoms with van der Waals surface area (Å²) in [6.07, 6.45) is 4.03. The Morgan fingerprint density at radius 2 is 1.83 bits per heavy atom. The number of furan rings is 1. The number of fused-ring (bicyclic) bond motifs is 1. The second kappa shape index (κ2) is 7.86. The van der Waals surface area contributed by atoms with E-state index < -0.39 is 17.6 Å². The summed E-state index contributed by atoms with van der Waals surface area (Å²) >= 11 is 0. The van der Waals surface area contributed by atoms with Crippen molar-refractivity contribution in [3.8, 4) is 0 Å². The molecule has 156 valence electrons. The van der Waals surface area contributed by atoms with Crippen LogP contribution in [-0.4, -0.2) is 26.8 Å². The molecule has 3 heterocycles. The molecule has 0 aliphatic carbocycles. The molecular formula is C24H27N3O3. The third-order valence-corrected chi connectivity index (χ3v) is 5.23. The Kier molecular flexibility index (Phi) is 5.24. The summed E-state index contributed by atoms with van der Waals surface area (Å²) in [5.41, 5.74) is 1.48. The van der Waals surface area contributed by atoms with E-state index in [2.05, 4.69) is 5.32 Å². The van der Waals surface area contributed by atoms with Gasteiger partial charge in [0.2, 0.25) is 11.8 Å². The molecule has 0 bridgehead atoms. The number of nitrogens with one attached hydrogen (secondary N) is 1. The van der Waals surface area contributed by atoms with Gasteiger partial charge < -0.3 is 19.2 Å². The molecule has 0 unspecified atom stereocenters. The summed E-state index contributed by atoms with van der Waals surface area (Å²) < 4.78 is 7.45. The molecule has 0 saturated heterocycles. The highest BCUT2D eigenvalue weighted by molar-refractivity contribution is 5.92. The van der Waals surface area contributed by atoms with Gasteiger partial charge in [-0.05, 0) is 50.6 Å². The average molecular weight is 405 g/mol. The van der Waals surface area contributed by atoms with Crippen LogP contribution >= 0.6 is 0 Å². The number of amides is 2. The van der Waals surface area contributed by atoms with E-state index in [1.807, 2.05) is 80.1 Å². The normalized spacial score (nSPS) is 18.9. The van der Waals surface area contributed by atoms with Crippen LogP contribution in [-0.2, 0) is 22.6 Å². The molecule has 1 N–H and O–H groups in total. The minimum atomic E-state index is -0.719. The molecule has 6 heteroatoms. The van der Waals surface area contributed by atoms with Crippen molar-refractivity contribution < 1.29 is 14.0 Å². The van der Waals surface area contributed by atoms with E-state index in [1.165, 1.54) is 0 Å². The summed E-state index contributed by atoms with van der Waals surface area (Å²) in [5, 5.41) is 3.04. The van der Waals surface area contributed by atoms with Gasteiger partial charge in [-0.25, -0.2) is 0 Å². The minimum absolute atomic E-state index is 0.0898. The number of rotatable bonds is 5. The van der Waals surface area contributed by atoms with Crippen LogP contribution in [0.25, 0.3) is 0 Å². The monoisotopic (exact) mass is 405 g/mol. The predicted octanol–water partition coefficient (Wildman–Crippen LogP) is 3.86. The summed E-state index contributed by atoms with van der Waals surface area (Å²) in [7, 11) is 0. The van der Waals surface area contributed by atoms with Crippen molar-refractivity contribution in [1.29, 1.82) is 0 Å². The first-order valence-electron chi connectivity index (χ1n) is 10.2. The molecule has 0 fully saturated rings. The number of benzene rings is 1. The summed E-state index contributed by atoms with van der Waals surface area (Å²) in [5.74, 6) is 0.365. The molecular weight excluding hydrogens is 378 g/mol. The van der Waals surface area contributed by atoms with E-state index in [0.717, 1.165) is 11.3 Å². The molecule has 30 heavy (non-hydrogen) atoms. The van der Waals surface area contributed by atoms with Crippen LogP contribution in [0.2, 0.25) is 0 Å². The molecule has 2 aromatic heterocycles. The van der Waals surface area contributed by atoms with Gasteiger partial charge in [0, 0.05) is 18.2 Å². The molecule has 0 radical (unpaired) electrons. The number of hydrogen-bond donors (Lipinski definition) is 1. The van der Waals surface area contributed by atoms with Crippen LogP contribution in [0.4, 0.5) is 0 Å². The van der Waals surface area contributed by atoms with Crippen LogP contribution in [0.15, 0.2) is 71.5 Å². The van der Waals surface area contributed by atoms with Gasteiger partial charge in [0.15, 0.2) is 6.04 Å². The van der Waals surface area contributed by atoms with Crippen molar-refractivity contribution in [3.63, 3.8) is 0 Å². The lowest BCUT2D eigenvalue weighted by molar-refractivity contribution is -0.148. The Morgan fingerprint density at radius 1 is 1.07 bits per heavy atom. The Bertz CT molecular complexity index is 1020. The Morgan fingerprint density at radius 3 is 2.50 bits per heavy atom. The smallest absolute Gasteiger partial charge is 0.249 e. The Balaban J connectivity index is 1.74. The van der Waals surface area contributed by atoms with Crippen LogP contribution in [0.1, 0.15) is 49.9 Å². The third kappa shape index (κ3) is 4.03. The number of hydrogen-bond acceptors (Lipinski definition) is 3. The fourth-order valence-corrected chi connectivity index (χ4v) is 4.00. The molecule has 1 aliphatic heterocycles. The fourth-order valence-electron chi connectivity index (χ4n) is 4.00. The van der Waals surface area contributed by atoms with E-state index in [0.29, 0.717) is 12.2 Å². The maximum atomic E-state index is 13.7. The van der Waals surface area contributed by atoms with Crippen molar-refractivity contribution in [1.82, 2.24) is 14.8 Å². The highest BCUT2D eigenvalue weighted by Gasteiger charge is 2.43. The first-order chi connectivity index (χ1) is 14.3. The van der Waals surface area contributed by atoms with Crippen LogP contribution in [0.3, 0.4) is 0 Å². The Labute approximate surface area is 176 Å². The van der Waals surface area contributed by atoms with Gasteiger partial charge in [-0.2, -0.15) is 0 Å². The molecule has 3 aromatic rings. The standard InChI is InChI=1S/C24H27N3O3/c1-24(2,3)25-22(28)21-19-12-7-13-26(19)20(15-17-9-5-4-6-10-17)23(29)27(21)16-18-11-8-14-30-18/h4-14,20-21H,15-16H2,1-3H3,(H,25,28)/t20-,21-/m0/s1. The summed E-state index contributed by atoms with van der Waals surface area (Å²) in [6, 6.07) is 16.2. The summed E-state index contributed by atoms with van der Waals surface area (Å²) in [6.45, 7) is 6.04. The first-order valence-corrected chi connectivity index (χ1v) is 10.2. The van der Waals surface area contributed by atoms with Crippen LogP contribution in [0.5, 0.6) is 0 Å². The number of nitrogens with zero attached hydrogens (tertiary/aromatic N) is 2. The lowest BCUT2D eigenvalue weighted by atomic mass is 9.97. The topological polar surface area (TPSA) is 67.5 Å². The SMILES string of the molecule is CC(C)(C)NC(=O)[C@@H]1c2cccn2[C@@H](Cc2ccccc2)C(=O)N1Cc1ccco1. The van der Waals surface area contributed by atoms with Crippen molar-refractivity contribution in [3.05, 3.63) is 84.1 Å². The van der Waals surface area contributed by atoms with Crippen LogP contribution < -0.4 is 5.32 Å². The molecule has 2 atom stereocenters. The van der Waals surface area contributed by atoms with Gasteiger partial charge in [-0.15, -0.1) is 0 Å². The van der Waals surface area contributed by atoms with E-state index in [-0.39, 0.29) is 18.4 Å². The quantitative estimate of drug-likeness (QED) is 0.701. The third-order valence-electron chi connectivity index (χ3n) is 5.23. The van der Waals surface area contributed by atoms with Gasteiger partial charge in [-0.3, -0.25) is 9.59 Å². The van der Waals surface area contributed by atoms with E-state index >= 15 is 0 Å². The molecule has 1 aliphatic rings. The van der Waals surface area contributed by atoms with Crippen molar-refractivity contribution in [2.75, 3.05) is 0 Å². The number of carbonyl (C=O) groups is 2.